The maximum atomic E-state index is 14.7. The number of fused-ring (bicyclic) bond motifs is 1. The van der Waals surface area contributed by atoms with Gasteiger partial charge in [-0.05, 0) is 44.2 Å². The van der Waals surface area contributed by atoms with Crippen molar-refractivity contribution in [2.75, 3.05) is 18.5 Å². The van der Waals surface area contributed by atoms with Crippen LogP contribution in [0.4, 0.5) is 13.8 Å². The summed E-state index contributed by atoms with van der Waals surface area (Å²) in [6.45, 7) is 1.74. The Morgan fingerprint density at radius 3 is 2.85 bits per heavy atom. The third-order valence-electron chi connectivity index (χ3n) is 5.76. The predicted octanol–water partition coefficient (Wildman–Crippen LogP) is 4.06. The fourth-order valence-corrected chi connectivity index (χ4v) is 5.47. The lowest BCUT2D eigenvalue weighted by Gasteiger charge is -2.29. The summed E-state index contributed by atoms with van der Waals surface area (Å²) in [5, 5.41) is 19.3. The summed E-state index contributed by atoms with van der Waals surface area (Å²) in [4.78, 5) is 17.8. The van der Waals surface area contributed by atoms with E-state index in [1.807, 2.05) is 0 Å². The molecule has 1 aliphatic carbocycles. The number of carbonyl (C=O) groups excluding carboxylic acids is 1. The zero-order valence-corrected chi connectivity index (χ0v) is 19.1. The van der Waals surface area contributed by atoms with Gasteiger partial charge in [0.05, 0.1) is 25.3 Å². The number of carbonyl (C=O) groups is 1. The lowest BCUT2D eigenvalue weighted by Crippen LogP contribution is -2.39. The minimum Gasteiger partial charge on any atom is -0.462 e. The Kier molecular flexibility index (Phi) is 7.04. The smallest absolute Gasteiger partial charge is 0.341 e. The second-order valence-corrected chi connectivity index (χ2v) is 9.20. The molecule has 0 fully saturated rings. The van der Waals surface area contributed by atoms with E-state index in [2.05, 4.69) is 15.4 Å². The monoisotopic (exact) mass is 476 g/mol. The van der Waals surface area contributed by atoms with Gasteiger partial charge in [-0.1, -0.05) is 12.5 Å². The molecular formula is C23H26F2N4O3S. The minimum atomic E-state index is -1.79. The molecule has 1 atom stereocenters. The van der Waals surface area contributed by atoms with E-state index in [0.29, 0.717) is 10.6 Å². The first-order chi connectivity index (χ1) is 15.9. The van der Waals surface area contributed by atoms with Gasteiger partial charge in [0.25, 0.3) is 0 Å². The van der Waals surface area contributed by atoms with Crippen LogP contribution in [0.5, 0.6) is 0 Å². The van der Waals surface area contributed by atoms with Crippen LogP contribution < -0.4 is 5.32 Å². The van der Waals surface area contributed by atoms with Crippen molar-refractivity contribution >= 4 is 22.3 Å². The number of benzene rings is 1. The quantitative estimate of drug-likeness (QED) is 0.377. The number of aryl methyl sites for hydroxylation is 1. The lowest BCUT2D eigenvalue weighted by molar-refractivity contribution is 0.0246. The summed E-state index contributed by atoms with van der Waals surface area (Å²) in [5.74, 6) is -2.02. The summed E-state index contributed by atoms with van der Waals surface area (Å²) in [5.41, 5.74) is -0.394. The van der Waals surface area contributed by atoms with E-state index in [1.165, 1.54) is 34.7 Å². The molecule has 0 bridgehead atoms. The molecule has 4 rings (SSSR count). The van der Waals surface area contributed by atoms with Crippen LogP contribution in [0.3, 0.4) is 0 Å². The third kappa shape index (κ3) is 5.06. The van der Waals surface area contributed by atoms with Crippen molar-refractivity contribution in [2.24, 2.45) is 0 Å². The number of aliphatic hydroxyl groups is 1. The van der Waals surface area contributed by atoms with E-state index in [-0.39, 0.29) is 25.3 Å². The maximum absolute atomic E-state index is 14.7. The van der Waals surface area contributed by atoms with E-state index < -0.39 is 23.2 Å². The molecule has 2 N–H and O–H groups in total. The Morgan fingerprint density at radius 1 is 1.30 bits per heavy atom. The van der Waals surface area contributed by atoms with Gasteiger partial charge in [0.15, 0.2) is 0 Å². The van der Waals surface area contributed by atoms with Gasteiger partial charge in [-0.2, -0.15) is 5.10 Å². The van der Waals surface area contributed by atoms with Crippen LogP contribution in [0.15, 0.2) is 30.9 Å². The van der Waals surface area contributed by atoms with Crippen LogP contribution >= 0.6 is 11.3 Å². The average molecular weight is 477 g/mol. The van der Waals surface area contributed by atoms with Crippen molar-refractivity contribution in [3.63, 3.8) is 0 Å². The van der Waals surface area contributed by atoms with E-state index in [9.17, 15) is 18.7 Å². The number of halogens is 2. The molecule has 176 valence electrons. The van der Waals surface area contributed by atoms with E-state index in [4.69, 9.17) is 4.74 Å². The summed E-state index contributed by atoms with van der Waals surface area (Å²) in [7, 11) is 0. The molecular weight excluding hydrogens is 450 g/mol. The summed E-state index contributed by atoms with van der Waals surface area (Å²) < 4.78 is 34.9. The third-order valence-corrected chi connectivity index (χ3v) is 7.01. The SMILES string of the molecule is CCOC(=O)c1c(NCC(O)(Cn2cncn2)c2ccc(F)cc2F)sc2c1CCCCC2. The number of nitrogens with one attached hydrogen (secondary N) is 1. The van der Waals surface area contributed by atoms with Crippen LogP contribution in [0.1, 0.15) is 52.5 Å². The van der Waals surface area contributed by atoms with Crippen molar-refractivity contribution in [3.8, 4) is 0 Å². The molecule has 1 unspecified atom stereocenters. The highest BCUT2D eigenvalue weighted by molar-refractivity contribution is 7.16. The first-order valence-corrected chi connectivity index (χ1v) is 11.8. The molecule has 1 aliphatic rings. The van der Waals surface area contributed by atoms with Crippen molar-refractivity contribution in [2.45, 2.75) is 51.2 Å². The zero-order chi connectivity index (χ0) is 23.4. The number of rotatable bonds is 8. The second-order valence-electron chi connectivity index (χ2n) is 8.09. The number of ether oxygens (including phenoxy) is 1. The number of anilines is 1. The molecule has 3 aromatic rings. The second kappa shape index (κ2) is 9.96. The Bertz CT molecular complexity index is 1120. The molecule has 0 aliphatic heterocycles. The van der Waals surface area contributed by atoms with Gasteiger partial charge in [0.2, 0.25) is 0 Å². The largest absolute Gasteiger partial charge is 0.462 e. The summed E-state index contributed by atoms with van der Waals surface area (Å²) >= 11 is 1.47. The molecule has 0 saturated heterocycles. The summed E-state index contributed by atoms with van der Waals surface area (Å²) in [6, 6.07) is 3.06. The van der Waals surface area contributed by atoms with Crippen LogP contribution in [0, 0.1) is 11.6 Å². The molecule has 0 saturated carbocycles. The average Bonchev–Trinajstić information content (AvgIpc) is 3.34. The van der Waals surface area contributed by atoms with Gasteiger partial charge in [0, 0.05) is 16.5 Å². The van der Waals surface area contributed by atoms with Gasteiger partial charge in [-0.3, -0.25) is 0 Å². The van der Waals surface area contributed by atoms with Gasteiger partial charge < -0.3 is 15.2 Å². The highest BCUT2D eigenvalue weighted by Gasteiger charge is 2.35. The number of hydrogen-bond acceptors (Lipinski definition) is 7. The van der Waals surface area contributed by atoms with Gasteiger partial charge in [-0.15, -0.1) is 11.3 Å². The number of thiophene rings is 1. The molecule has 2 aromatic heterocycles. The Morgan fingerprint density at radius 2 is 2.12 bits per heavy atom. The Hall–Kier alpha value is -2.85. The van der Waals surface area contributed by atoms with Crippen molar-refractivity contribution in [1.82, 2.24) is 14.8 Å². The molecule has 0 amide bonds. The highest BCUT2D eigenvalue weighted by Crippen LogP contribution is 2.39. The topological polar surface area (TPSA) is 89.3 Å². The first kappa shape index (κ1) is 23.3. The van der Waals surface area contributed by atoms with Gasteiger partial charge in [-0.25, -0.2) is 23.2 Å². The Labute approximate surface area is 194 Å². The van der Waals surface area contributed by atoms with Gasteiger partial charge >= 0.3 is 5.97 Å². The van der Waals surface area contributed by atoms with Crippen molar-refractivity contribution in [3.05, 3.63) is 64.1 Å². The number of aromatic nitrogens is 3. The zero-order valence-electron chi connectivity index (χ0n) is 18.3. The van der Waals surface area contributed by atoms with Crippen LogP contribution in [0.2, 0.25) is 0 Å². The molecule has 0 spiro atoms. The molecule has 0 radical (unpaired) electrons. The van der Waals surface area contributed by atoms with E-state index >= 15 is 0 Å². The predicted molar refractivity (Wildman–Crippen MR) is 120 cm³/mol. The molecule has 2 heterocycles. The van der Waals surface area contributed by atoms with Crippen LogP contribution in [0.25, 0.3) is 0 Å². The van der Waals surface area contributed by atoms with Crippen LogP contribution in [-0.2, 0) is 29.7 Å². The minimum absolute atomic E-state index is 0.0808. The normalized spacial score (nSPS) is 15.4. The molecule has 33 heavy (non-hydrogen) atoms. The van der Waals surface area contributed by atoms with Crippen LogP contribution in [-0.4, -0.2) is 39.0 Å². The van der Waals surface area contributed by atoms with E-state index in [1.54, 1.807) is 6.92 Å². The van der Waals surface area contributed by atoms with E-state index in [0.717, 1.165) is 54.7 Å². The molecule has 7 nitrogen and oxygen atoms in total. The molecule has 10 heteroatoms. The maximum Gasteiger partial charge on any atom is 0.341 e. The summed E-state index contributed by atoms with van der Waals surface area (Å²) in [6.07, 6.45) is 7.53. The fraction of sp³-hybridized carbons (Fsp3) is 0.435. The van der Waals surface area contributed by atoms with Crippen molar-refractivity contribution < 1.29 is 23.4 Å². The number of esters is 1. The van der Waals surface area contributed by atoms with Crippen molar-refractivity contribution in [1.29, 1.82) is 0 Å². The standard InChI is InChI=1S/C23H26F2N4O3S/c1-2-32-22(30)20-16-6-4-3-5-7-19(16)33-21(20)27-11-23(31,12-29-14-26-13-28-29)17-9-8-15(24)10-18(17)25/h8-10,13-14,27,31H,2-7,11-12H2,1H3. The Balaban J connectivity index is 1.68. The van der Waals surface area contributed by atoms with Gasteiger partial charge in [0.1, 0.15) is 34.9 Å². The lowest BCUT2D eigenvalue weighted by atomic mass is 9.92. The molecule has 1 aromatic carbocycles. The number of nitrogens with zero attached hydrogens (tertiary/aromatic N) is 3. The first-order valence-electron chi connectivity index (χ1n) is 11.0. The number of hydrogen-bond donors (Lipinski definition) is 2. The fourth-order valence-electron chi connectivity index (χ4n) is 4.20. The highest BCUT2D eigenvalue weighted by atomic mass is 32.1.